The number of benzene rings is 1. The predicted molar refractivity (Wildman–Crippen MR) is 79.1 cm³/mol. The predicted octanol–water partition coefficient (Wildman–Crippen LogP) is 2.07. The summed E-state index contributed by atoms with van der Waals surface area (Å²) in [6.45, 7) is 0.768. The van der Waals surface area contributed by atoms with Gasteiger partial charge in [0.1, 0.15) is 18.1 Å². The number of amides is 1. The van der Waals surface area contributed by atoms with E-state index in [2.05, 4.69) is 5.32 Å². The number of aryl methyl sites for hydroxylation is 1. The van der Waals surface area contributed by atoms with Gasteiger partial charge in [-0.15, -0.1) is 0 Å². The second-order valence-electron chi connectivity index (χ2n) is 4.33. The first-order valence-electron chi connectivity index (χ1n) is 6.14. The Bertz CT molecular complexity index is 610. The molecule has 0 saturated heterocycles. The zero-order chi connectivity index (χ0) is 14.5. The Morgan fingerprint density at radius 1 is 1.45 bits per heavy atom. The molecule has 0 aliphatic carbocycles. The Balaban J connectivity index is 1.79. The summed E-state index contributed by atoms with van der Waals surface area (Å²) in [5.74, 6) is 0.497. The van der Waals surface area contributed by atoms with Crippen LogP contribution in [0, 0.1) is 0 Å². The van der Waals surface area contributed by atoms with Crippen molar-refractivity contribution in [3.05, 3.63) is 47.2 Å². The number of anilines is 1. The highest BCUT2D eigenvalue weighted by atomic mass is 35.5. The summed E-state index contributed by atoms with van der Waals surface area (Å²) < 4.78 is 7.16. The number of nitrogens with two attached hydrogens (primary N) is 1. The molecule has 20 heavy (non-hydrogen) atoms. The maximum absolute atomic E-state index is 11.9. The Hall–Kier alpha value is -2.14. The molecule has 2 aromatic rings. The van der Waals surface area contributed by atoms with Gasteiger partial charge in [-0.3, -0.25) is 4.79 Å². The van der Waals surface area contributed by atoms with Crippen molar-refractivity contribution in [1.29, 1.82) is 0 Å². The minimum atomic E-state index is -0.185. The van der Waals surface area contributed by atoms with E-state index in [1.54, 1.807) is 36.0 Å². The molecule has 5 nitrogen and oxygen atoms in total. The van der Waals surface area contributed by atoms with Crippen molar-refractivity contribution >= 4 is 23.2 Å². The van der Waals surface area contributed by atoms with Crippen LogP contribution in [0.5, 0.6) is 5.75 Å². The molecule has 0 saturated carbocycles. The second-order valence-corrected chi connectivity index (χ2v) is 4.77. The van der Waals surface area contributed by atoms with E-state index >= 15 is 0 Å². The number of aromatic nitrogens is 1. The number of halogens is 1. The van der Waals surface area contributed by atoms with Gasteiger partial charge in [-0.1, -0.05) is 17.7 Å². The average Bonchev–Trinajstić information content (AvgIpc) is 2.74. The van der Waals surface area contributed by atoms with Gasteiger partial charge in [0.2, 0.25) is 0 Å². The number of hydrogen-bond donors (Lipinski definition) is 2. The van der Waals surface area contributed by atoms with Crippen LogP contribution in [0.25, 0.3) is 0 Å². The van der Waals surface area contributed by atoms with Crippen LogP contribution in [0.3, 0.4) is 0 Å². The molecule has 1 aromatic heterocycles. The number of carbonyl (C=O) groups excluding carboxylic acids is 1. The van der Waals surface area contributed by atoms with Crippen molar-refractivity contribution in [2.75, 3.05) is 18.9 Å². The summed E-state index contributed by atoms with van der Waals surface area (Å²) in [5.41, 5.74) is 6.80. The highest BCUT2D eigenvalue weighted by Gasteiger charge is 2.10. The first-order chi connectivity index (χ1) is 9.56. The lowest BCUT2D eigenvalue weighted by Crippen LogP contribution is -2.29. The van der Waals surface area contributed by atoms with E-state index in [1.807, 2.05) is 12.1 Å². The van der Waals surface area contributed by atoms with Gasteiger partial charge < -0.3 is 20.4 Å². The zero-order valence-corrected chi connectivity index (χ0v) is 11.9. The quantitative estimate of drug-likeness (QED) is 0.655. The third-order valence-corrected chi connectivity index (χ3v) is 2.93. The molecule has 6 heteroatoms. The third kappa shape index (κ3) is 3.68. The number of hydrogen-bond acceptors (Lipinski definition) is 3. The molecular weight excluding hydrogens is 278 g/mol. The zero-order valence-electron chi connectivity index (χ0n) is 11.1. The van der Waals surface area contributed by atoms with E-state index in [0.29, 0.717) is 35.3 Å². The molecule has 0 aliphatic rings. The molecule has 3 N–H and O–H groups in total. The second kappa shape index (κ2) is 6.34. The van der Waals surface area contributed by atoms with Crippen molar-refractivity contribution in [3.8, 4) is 5.75 Å². The number of nitrogens with one attached hydrogen (secondary N) is 1. The van der Waals surface area contributed by atoms with Gasteiger partial charge in [0, 0.05) is 25.0 Å². The van der Waals surface area contributed by atoms with Crippen molar-refractivity contribution in [2.24, 2.45) is 7.05 Å². The van der Waals surface area contributed by atoms with Gasteiger partial charge in [0.25, 0.3) is 5.91 Å². The average molecular weight is 294 g/mol. The first kappa shape index (κ1) is 14.3. The molecule has 0 spiro atoms. The Morgan fingerprint density at radius 2 is 2.25 bits per heavy atom. The lowest BCUT2D eigenvalue weighted by Gasteiger charge is -2.08. The number of ether oxygens (including phenoxy) is 1. The maximum atomic E-state index is 11.9. The molecule has 0 radical (unpaired) electrons. The van der Waals surface area contributed by atoms with Crippen LogP contribution in [0.4, 0.5) is 5.69 Å². The number of nitrogen functional groups attached to an aromatic ring is 1. The van der Waals surface area contributed by atoms with Crippen LogP contribution in [0.15, 0.2) is 36.5 Å². The largest absolute Gasteiger partial charge is 0.492 e. The molecule has 0 unspecified atom stereocenters. The Labute approximate surface area is 122 Å². The summed E-state index contributed by atoms with van der Waals surface area (Å²) >= 11 is 5.83. The van der Waals surface area contributed by atoms with Crippen LogP contribution >= 0.6 is 11.6 Å². The Kier molecular flexibility index (Phi) is 4.53. The Morgan fingerprint density at radius 3 is 2.90 bits per heavy atom. The van der Waals surface area contributed by atoms with E-state index in [0.717, 1.165) is 0 Å². The summed E-state index contributed by atoms with van der Waals surface area (Å²) in [6.07, 6.45) is 1.68. The van der Waals surface area contributed by atoms with E-state index < -0.39 is 0 Å². The molecule has 0 fully saturated rings. The van der Waals surface area contributed by atoms with E-state index in [-0.39, 0.29) is 5.91 Å². The van der Waals surface area contributed by atoms with E-state index in [4.69, 9.17) is 22.1 Å². The molecule has 2 rings (SSSR count). The van der Waals surface area contributed by atoms with Gasteiger partial charge in [-0.2, -0.15) is 0 Å². The summed E-state index contributed by atoms with van der Waals surface area (Å²) in [7, 11) is 1.77. The third-order valence-electron chi connectivity index (χ3n) is 2.72. The van der Waals surface area contributed by atoms with Crippen molar-refractivity contribution in [3.63, 3.8) is 0 Å². The van der Waals surface area contributed by atoms with Gasteiger partial charge in [-0.25, -0.2) is 0 Å². The summed E-state index contributed by atoms with van der Waals surface area (Å²) in [5, 5.41) is 3.30. The fourth-order valence-corrected chi connectivity index (χ4v) is 2.03. The smallest absolute Gasteiger partial charge is 0.268 e. The van der Waals surface area contributed by atoms with Crippen LogP contribution < -0.4 is 15.8 Å². The maximum Gasteiger partial charge on any atom is 0.268 e. The van der Waals surface area contributed by atoms with Crippen molar-refractivity contribution < 1.29 is 9.53 Å². The molecule has 0 atom stereocenters. The van der Waals surface area contributed by atoms with Crippen LogP contribution in [0.2, 0.25) is 5.02 Å². The highest BCUT2D eigenvalue weighted by Crippen LogP contribution is 2.14. The fraction of sp³-hybridized carbons (Fsp3) is 0.214. The van der Waals surface area contributed by atoms with Gasteiger partial charge in [0.05, 0.1) is 11.6 Å². The summed E-state index contributed by atoms with van der Waals surface area (Å²) in [6, 6.07) is 8.77. The minimum absolute atomic E-state index is 0.185. The van der Waals surface area contributed by atoms with Gasteiger partial charge >= 0.3 is 0 Å². The molecule has 0 aliphatic heterocycles. The first-order valence-corrected chi connectivity index (χ1v) is 6.52. The van der Waals surface area contributed by atoms with Crippen LogP contribution in [0.1, 0.15) is 10.5 Å². The fourth-order valence-electron chi connectivity index (χ4n) is 1.78. The van der Waals surface area contributed by atoms with Crippen molar-refractivity contribution in [2.45, 2.75) is 0 Å². The molecule has 1 amide bonds. The minimum Gasteiger partial charge on any atom is -0.492 e. The molecule has 1 aromatic carbocycles. The normalized spacial score (nSPS) is 10.3. The van der Waals surface area contributed by atoms with Crippen LogP contribution in [-0.2, 0) is 7.05 Å². The monoisotopic (exact) mass is 293 g/mol. The van der Waals surface area contributed by atoms with Crippen LogP contribution in [-0.4, -0.2) is 23.6 Å². The lowest BCUT2D eigenvalue weighted by molar-refractivity contribution is 0.0939. The van der Waals surface area contributed by atoms with E-state index in [9.17, 15) is 4.79 Å². The molecule has 0 bridgehead atoms. The van der Waals surface area contributed by atoms with E-state index in [1.165, 1.54) is 0 Å². The molecule has 1 heterocycles. The molecular formula is C14H16ClN3O2. The highest BCUT2D eigenvalue weighted by molar-refractivity contribution is 6.31. The number of rotatable bonds is 5. The standard InChI is InChI=1S/C14H16ClN3O2/c1-18-9-10(15)7-13(18)14(19)17-5-6-20-12-4-2-3-11(16)8-12/h2-4,7-9H,5-6,16H2,1H3,(H,17,19). The van der Waals surface area contributed by atoms with Gasteiger partial charge in [0.15, 0.2) is 0 Å². The summed E-state index contributed by atoms with van der Waals surface area (Å²) in [4.78, 5) is 11.9. The molecule has 106 valence electrons. The number of nitrogens with zero attached hydrogens (tertiary/aromatic N) is 1. The SMILES string of the molecule is Cn1cc(Cl)cc1C(=O)NCCOc1cccc(N)c1. The van der Waals surface area contributed by atoms with Gasteiger partial charge in [-0.05, 0) is 18.2 Å². The van der Waals surface area contributed by atoms with Crippen molar-refractivity contribution in [1.82, 2.24) is 9.88 Å². The number of carbonyl (C=O) groups is 1. The lowest BCUT2D eigenvalue weighted by atomic mass is 10.3. The topological polar surface area (TPSA) is 69.3 Å².